The molecule has 0 spiro atoms. The Hall–Kier alpha value is -1.71. The van der Waals surface area contributed by atoms with Crippen molar-refractivity contribution >= 4 is 17.4 Å². The Morgan fingerprint density at radius 2 is 2.00 bits per heavy atom. The summed E-state index contributed by atoms with van der Waals surface area (Å²) in [6, 6.07) is 4.35. The maximum Gasteiger partial charge on any atom is 0.224 e. The molecule has 0 saturated carbocycles. The maximum absolute atomic E-state index is 12.9. The number of ketones is 1. The highest BCUT2D eigenvalue weighted by atomic mass is 19.1. The van der Waals surface area contributed by atoms with Crippen molar-refractivity contribution < 1.29 is 14.0 Å². The van der Waals surface area contributed by atoms with E-state index < -0.39 is 0 Å². The van der Waals surface area contributed by atoms with Crippen molar-refractivity contribution in [1.29, 1.82) is 0 Å². The number of rotatable bonds is 4. The molecule has 0 fully saturated rings. The SMILES string of the molecule is CC(=O)CCC(=O)Nc1ccc(F)c(C)c1. The minimum atomic E-state index is -0.304. The molecule has 1 rings (SSSR count). The normalized spacial score (nSPS) is 9.94. The predicted molar refractivity (Wildman–Crippen MR) is 59.7 cm³/mol. The molecule has 3 nitrogen and oxygen atoms in total. The number of aryl methyl sites for hydroxylation is 1. The van der Waals surface area contributed by atoms with Gasteiger partial charge >= 0.3 is 0 Å². The van der Waals surface area contributed by atoms with Crippen LogP contribution in [-0.4, -0.2) is 11.7 Å². The van der Waals surface area contributed by atoms with E-state index in [0.29, 0.717) is 11.3 Å². The van der Waals surface area contributed by atoms with Gasteiger partial charge in [0.2, 0.25) is 5.91 Å². The molecule has 0 aliphatic heterocycles. The number of hydrogen-bond acceptors (Lipinski definition) is 2. The van der Waals surface area contributed by atoms with Crippen LogP contribution in [0.5, 0.6) is 0 Å². The summed E-state index contributed by atoms with van der Waals surface area (Å²) in [7, 11) is 0. The Kier molecular flexibility index (Phi) is 4.17. The second-order valence-electron chi connectivity index (χ2n) is 3.71. The highest BCUT2D eigenvalue weighted by molar-refractivity contribution is 5.93. The van der Waals surface area contributed by atoms with Crippen LogP contribution in [0, 0.1) is 12.7 Å². The summed E-state index contributed by atoms with van der Waals surface area (Å²) in [5, 5.41) is 2.61. The molecule has 0 atom stereocenters. The Balaban J connectivity index is 2.56. The molecule has 0 saturated heterocycles. The first kappa shape index (κ1) is 12.4. The summed E-state index contributed by atoms with van der Waals surface area (Å²) in [6.07, 6.45) is 0.387. The molecule has 1 aromatic rings. The fraction of sp³-hybridized carbons (Fsp3) is 0.333. The van der Waals surface area contributed by atoms with Crippen LogP contribution in [0.2, 0.25) is 0 Å². The molecular formula is C12H14FNO2. The zero-order chi connectivity index (χ0) is 12.1. The Morgan fingerprint density at radius 3 is 2.56 bits per heavy atom. The van der Waals surface area contributed by atoms with Crippen molar-refractivity contribution in [2.75, 3.05) is 5.32 Å². The lowest BCUT2D eigenvalue weighted by Crippen LogP contribution is -2.12. The summed E-state index contributed by atoms with van der Waals surface area (Å²) in [5.41, 5.74) is 1.02. The van der Waals surface area contributed by atoms with Crippen LogP contribution < -0.4 is 5.32 Å². The van der Waals surface area contributed by atoms with Gasteiger partial charge in [-0.05, 0) is 37.6 Å². The van der Waals surface area contributed by atoms with E-state index in [1.807, 2.05) is 0 Å². The fourth-order valence-corrected chi connectivity index (χ4v) is 1.24. The molecule has 0 radical (unpaired) electrons. The van der Waals surface area contributed by atoms with E-state index in [1.54, 1.807) is 13.0 Å². The van der Waals surface area contributed by atoms with Gasteiger partial charge in [-0.1, -0.05) is 0 Å². The van der Waals surface area contributed by atoms with Gasteiger partial charge in [0.05, 0.1) is 0 Å². The molecule has 0 heterocycles. The number of carbonyl (C=O) groups excluding carboxylic acids is 2. The second kappa shape index (κ2) is 5.39. The van der Waals surface area contributed by atoms with Crippen LogP contribution in [-0.2, 0) is 9.59 Å². The van der Waals surface area contributed by atoms with Gasteiger partial charge in [-0.25, -0.2) is 4.39 Å². The van der Waals surface area contributed by atoms with Crippen molar-refractivity contribution in [2.45, 2.75) is 26.7 Å². The summed E-state index contributed by atoms with van der Waals surface area (Å²) >= 11 is 0. The number of halogens is 1. The molecular weight excluding hydrogens is 209 g/mol. The number of hydrogen-bond donors (Lipinski definition) is 1. The van der Waals surface area contributed by atoms with Crippen molar-refractivity contribution in [3.05, 3.63) is 29.6 Å². The number of amides is 1. The monoisotopic (exact) mass is 223 g/mol. The van der Waals surface area contributed by atoms with Gasteiger partial charge in [-0.2, -0.15) is 0 Å². The third kappa shape index (κ3) is 3.81. The topological polar surface area (TPSA) is 46.2 Å². The van der Waals surface area contributed by atoms with Crippen LogP contribution >= 0.6 is 0 Å². The summed E-state index contributed by atoms with van der Waals surface area (Å²) in [6.45, 7) is 3.07. The van der Waals surface area contributed by atoms with Crippen LogP contribution in [0.25, 0.3) is 0 Å². The van der Waals surface area contributed by atoms with Crippen molar-refractivity contribution in [3.63, 3.8) is 0 Å². The predicted octanol–water partition coefficient (Wildman–Crippen LogP) is 2.44. The minimum Gasteiger partial charge on any atom is -0.326 e. The van der Waals surface area contributed by atoms with Crippen LogP contribution in [0.1, 0.15) is 25.3 Å². The molecule has 1 aromatic carbocycles. The van der Waals surface area contributed by atoms with E-state index in [9.17, 15) is 14.0 Å². The fourth-order valence-electron chi connectivity index (χ4n) is 1.24. The molecule has 0 aromatic heterocycles. The third-order valence-corrected chi connectivity index (χ3v) is 2.15. The smallest absolute Gasteiger partial charge is 0.224 e. The average Bonchev–Trinajstić information content (AvgIpc) is 2.21. The first-order valence-electron chi connectivity index (χ1n) is 5.04. The first-order valence-corrected chi connectivity index (χ1v) is 5.04. The zero-order valence-electron chi connectivity index (χ0n) is 9.34. The van der Waals surface area contributed by atoms with E-state index in [-0.39, 0.29) is 30.3 Å². The maximum atomic E-state index is 12.9. The number of benzene rings is 1. The van der Waals surface area contributed by atoms with Gasteiger partial charge in [0.25, 0.3) is 0 Å². The number of nitrogens with one attached hydrogen (secondary N) is 1. The number of anilines is 1. The highest BCUT2D eigenvalue weighted by Gasteiger charge is 2.05. The lowest BCUT2D eigenvalue weighted by Gasteiger charge is -2.05. The van der Waals surface area contributed by atoms with Crippen LogP contribution in [0.3, 0.4) is 0 Å². The van der Waals surface area contributed by atoms with E-state index in [4.69, 9.17) is 0 Å². The zero-order valence-corrected chi connectivity index (χ0v) is 9.34. The Morgan fingerprint density at radius 1 is 1.31 bits per heavy atom. The molecule has 0 unspecified atom stereocenters. The summed E-state index contributed by atoms with van der Waals surface area (Å²) < 4.78 is 12.9. The van der Waals surface area contributed by atoms with Crippen molar-refractivity contribution in [2.24, 2.45) is 0 Å². The third-order valence-electron chi connectivity index (χ3n) is 2.15. The first-order chi connectivity index (χ1) is 7.49. The van der Waals surface area contributed by atoms with Crippen molar-refractivity contribution in [1.82, 2.24) is 0 Å². The molecule has 16 heavy (non-hydrogen) atoms. The summed E-state index contributed by atoms with van der Waals surface area (Å²) in [4.78, 5) is 22.0. The van der Waals surface area contributed by atoms with Crippen molar-refractivity contribution in [3.8, 4) is 0 Å². The lowest BCUT2D eigenvalue weighted by atomic mass is 10.2. The van der Waals surface area contributed by atoms with Gasteiger partial charge in [0, 0.05) is 18.5 Å². The molecule has 0 aliphatic rings. The van der Waals surface area contributed by atoms with E-state index >= 15 is 0 Å². The Labute approximate surface area is 93.7 Å². The molecule has 1 amide bonds. The van der Waals surface area contributed by atoms with Crippen LogP contribution in [0.4, 0.5) is 10.1 Å². The molecule has 0 aliphatic carbocycles. The molecule has 1 N–H and O–H groups in total. The highest BCUT2D eigenvalue weighted by Crippen LogP contribution is 2.13. The second-order valence-corrected chi connectivity index (χ2v) is 3.71. The van der Waals surface area contributed by atoms with Crippen LogP contribution in [0.15, 0.2) is 18.2 Å². The largest absolute Gasteiger partial charge is 0.326 e. The van der Waals surface area contributed by atoms with E-state index in [0.717, 1.165) is 0 Å². The van der Waals surface area contributed by atoms with Gasteiger partial charge in [-0.15, -0.1) is 0 Å². The number of Topliss-reactive ketones (excluding diaryl/α,β-unsaturated/α-hetero) is 1. The van der Waals surface area contributed by atoms with E-state index in [2.05, 4.69) is 5.32 Å². The van der Waals surface area contributed by atoms with Gasteiger partial charge < -0.3 is 10.1 Å². The summed E-state index contributed by atoms with van der Waals surface area (Å²) in [5.74, 6) is -0.562. The average molecular weight is 223 g/mol. The minimum absolute atomic E-state index is 0.0227. The standard InChI is InChI=1S/C12H14FNO2/c1-8-7-10(4-5-11(8)13)14-12(16)6-3-9(2)15/h4-5,7H,3,6H2,1-2H3,(H,14,16). The lowest BCUT2D eigenvalue weighted by molar-refractivity contribution is -0.121. The number of carbonyl (C=O) groups is 2. The molecule has 4 heteroatoms. The molecule has 0 bridgehead atoms. The molecule has 86 valence electrons. The Bertz CT molecular complexity index is 415. The van der Waals surface area contributed by atoms with Gasteiger partial charge in [0.1, 0.15) is 11.6 Å². The quantitative estimate of drug-likeness (QED) is 0.852. The van der Waals surface area contributed by atoms with Gasteiger partial charge in [-0.3, -0.25) is 4.79 Å². The van der Waals surface area contributed by atoms with Gasteiger partial charge in [0.15, 0.2) is 0 Å². The van der Waals surface area contributed by atoms with E-state index in [1.165, 1.54) is 19.1 Å².